The van der Waals surface area contributed by atoms with Crippen molar-refractivity contribution in [3.63, 3.8) is 0 Å². The van der Waals surface area contributed by atoms with Crippen molar-refractivity contribution in [2.45, 2.75) is 19.9 Å². The molecule has 2 heterocycles. The zero-order valence-corrected chi connectivity index (χ0v) is 17.0. The van der Waals surface area contributed by atoms with Gasteiger partial charge in [-0.3, -0.25) is 9.78 Å². The lowest BCUT2D eigenvalue weighted by Gasteiger charge is -2.06. The van der Waals surface area contributed by atoms with Gasteiger partial charge in [0.25, 0.3) is 5.91 Å². The van der Waals surface area contributed by atoms with E-state index < -0.39 is 0 Å². The first-order valence-corrected chi connectivity index (χ1v) is 10.0. The van der Waals surface area contributed by atoms with Gasteiger partial charge in [0.1, 0.15) is 0 Å². The number of nitrogens with one attached hydrogen (secondary N) is 1. The van der Waals surface area contributed by atoms with Crippen molar-refractivity contribution in [3.05, 3.63) is 100 Å². The lowest BCUT2D eigenvalue weighted by atomic mass is 10.1. The van der Waals surface area contributed by atoms with Crippen LogP contribution >= 0.6 is 11.6 Å². The van der Waals surface area contributed by atoms with Crippen molar-refractivity contribution in [2.24, 2.45) is 0 Å². The molecule has 0 saturated heterocycles. The molecule has 0 aliphatic rings. The SMILES string of the molecule is Cc1ncccc1CCNC(=O)c1cn(Cc2ccc(Cl)cc2)c2ccccc12. The predicted molar refractivity (Wildman–Crippen MR) is 118 cm³/mol. The maximum absolute atomic E-state index is 12.9. The smallest absolute Gasteiger partial charge is 0.253 e. The number of benzene rings is 2. The number of hydrogen-bond donors (Lipinski definition) is 1. The minimum atomic E-state index is -0.0578. The molecule has 0 spiro atoms. The number of pyridine rings is 1. The summed E-state index contributed by atoms with van der Waals surface area (Å²) < 4.78 is 2.11. The highest BCUT2D eigenvalue weighted by atomic mass is 35.5. The number of rotatable bonds is 6. The van der Waals surface area contributed by atoms with Gasteiger partial charge in [-0.15, -0.1) is 0 Å². The molecule has 4 aromatic rings. The fourth-order valence-corrected chi connectivity index (χ4v) is 3.66. The van der Waals surface area contributed by atoms with Gasteiger partial charge in [0.15, 0.2) is 0 Å². The normalized spacial score (nSPS) is 11.0. The number of carbonyl (C=O) groups excluding carboxylic acids is 1. The van der Waals surface area contributed by atoms with Crippen molar-refractivity contribution in [1.82, 2.24) is 14.9 Å². The minimum absolute atomic E-state index is 0.0578. The highest BCUT2D eigenvalue weighted by molar-refractivity contribution is 6.30. The molecule has 0 atom stereocenters. The molecule has 1 amide bonds. The van der Waals surface area contributed by atoms with Gasteiger partial charge in [-0.1, -0.05) is 48.0 Å². The van der Waals surface area contributed by atoms with Crippen LogP contribution < -0.4 is 5.32 Å². The molecule has 29 heavy (non-hydrogen) atoms. The van der Waals surface area contributed by atoms with Crippen LogP contribution in [0.3, 0.4) is 0 Å². The van der Waals surface area contributed by atoms with Gasteiger partial charge < -0.3 is 9.88 Å². The average Bonchev–Trinajstić information content (AvgIpc) is 3.10. The topological polar surface area (TPSA) is 46.9 Å². The molecule has 0 fully saturated rings. The number of hydrogen-bond acceptors (Lipinski definition) is 2. The molecule has 4 rings (SSSR count). The molecule has 0 bridgehead atoms. The van der Waals surface area contributed by atoms with Crippen LogP contribution in [0.1, 0.15) is 27.2 Å². The van der Waals surface area contributed by atoms with Crippen LogP contribution in [0.4, 0.5) is 0 Å². The molecular formula is C24H22ClN3O. The number of carbonyl (C=O) groups is 1. The number of aryl methyl sites for hydroxylation is 1. The van der Waals surface area contributed by atoms with E-state index in [1.165, 1.54) is 0 Å². The lowest BCUT2D eigenvalue weighted by Crippen LogP contribution is -2.25. The Kier molecular flexibility index (Phi) is 5.63. The Morgan fingerprint density at radius 1 is 1.07 bits per heavy atom. The Bertz CT molecular complexity index is 1150. The zero-order chi connectivity index (χ0) is 20.2. The van der Waals surface area contributed by atoms with E-state index in [9.17, 15) is 4.79 Å². The fourth-order valence-electron chi connectivity index (χ4n) is 3.53. The van der Waals surface area contributed by atoms with E-state index in [0.29, 0.717) is 18.7 Å². The second-order valence-electron chi connectivity index (χ2n) is 7.07. The van der Waals surface area contributed by atoms with Crippen molar-refractivity contribution in [3.8, 4) is 0 Å². The standard InChI is InChI=1S/C24H22ClN3O/c1-17-19(5-4-13-26-17)12-14-27-24(29)22-16-28(23-7-3-2-6-21(22)23)15-18-8-10-20(25)11-9-18/h2-11,13,16H,12,14-15H2,1H3,(H,27,29). The lowest BCUT2D eigenvalue weighted by molar-refractivity contribution is 0.0955. The third-order valence-corrected chi connectivity index (χ3v) is 5.35. The van der Waals surface area contributed by atoms with Gasteiger partial charge in [0.2, 0.25) is 0 Å². The summed E-state index contributed by atoms with van der Waals surface area (Å²) in [5.74, 6) is -0.0578. The zero-order valence-electron chi connectivity index (χ0n) is 16.2. The maximum Gasteiger partial charge on any atom is 0.253 e. The molecule has 0 aliphatic carbocycles. The third kappa shape index (κ3) is 4.33. The molecule has 5 heteroatoms. The van der Waals surface area contributed by atoms with Crippen LogP contribution in [-0.2, 0) is 13.0 Å². The number of aromatic nitrogens is 2. The van der Waals surface area contributed by atoms with Crippen molar-refractivity contribution < 1.29 is 4.79 Å². The Balaban J connectivity index is 1.53. The summed E-state index contributed by atoms with van der Waals surface area (Å²) in [6.45, 7) is 3.24. The van der Waals surface area contributed by atoms with E-state index >= 15 is 0 Å². The van der Waals surface area contributed by atoms with Crippen LogP contribution in [-0.4, -0.2) is 22.0 Å². The summed E-state index contributed by atoms with van der Waals surface area (Å²) in [5, 5.41) is 4.73. The average molecular weight is 404 g/mol. The first kappa shape index (κ1) is 19.2. The third-order valence-electron chi connectivity index (χ3n) is 5.10. The Hall–Kier alpha value is -3.11. The summed E-state index contributed by atoms with van der Waals surface area (Å²) in [7, 11) is 0. The maximum atomic E-state index is 12.9. The van der Waals surface area contributed by atoms with Crippen molar-refractivity contribution in [2.75, 3.05) is 6.54 Å². The Morgan fingerprint density at radius 2 is 1.86 bits per heavy atom. The highest BCUT2D eigenvalue weighted by Gasteiger charge is 2.15. The molecule has 0 unspecified atom stereocenters. The fraction of sp³-hybridized carbons (Fsp3) is 0.167. The molecular weight excluding hydrogens is 382 g/mol. The molecule has 0 saturated carbocycles. The molecule has 1 N–H and O–H groups in total. The van der Waals surface area contributed by atoms with E-state index in [4.69, 9.17) is 11.6 Å². The summed E-state index contributed by atoms with van der Waals surface area (Å²) in [4.78, 5) is 17.2. The van der Waals surface area contributed by atoms with E-state index in [1.54, 1.807) is 6.20 Å². The predicted octanol–water partition coefficient (Wildman–Crippen LogP) is 5.02. The monoisotopic (exact) mass is 403 g/mol. The number of nitrogens with zero attached hydrogens (tertiary/aromatic N) is 2. The Morgan fingerprint density at radius 3 is 2.66 bits per heavy atom. The summed E-state index contributed by atoms with van der Waals surface area (Å²) in [6, 6.07) is 19.8. The van der Waals surface area contributed by atoms with Gasteiger partial charge >= 0.3 is 0 Å². The van der Waals surface area contributed by atoms with E-state index in [2.05, 4.69) is 14.9 Å². The highest BCUT2D eigenvalue weighted by Crippen LogP contribution is 2.23. The second-order valence-corrected chi connectivity index (χ2v) is 7.50. The quantitative estimate of drug-likeness (QED) is 0.491. The first-order chi connectivity index (χ1) is 14.1. The molecule has 0 radical (unpaired) electrons. The van der Waals surface area contributed by atoms with Gasteiger partial charge in [-0.25, -0.2) is 0 Å². The molecule has 2 aromatic heterocycles. The van der Waals surface area contributed by atoms with Crippen LogP contribution in [0, 0.1) is 6.92 Å². The van der Waals surface area contributed by atoms with E-state index in [-0.39, 0.29) is 5.91 Å². The van der Waals surface area contributed by atoms with Crippen molar-refractivity contribution in [1.29, 1.82) is 0 Å². The summed E-state index contributed by atoms with van der Waals surface area (Å²) in [5.41, 5.74) is 5.02. The largest absolute Gasteiger partial charge is 0.352 e. The Labute approximate surface area is 175 Å². The summed E-state index contributed by atoms with van der Waals surface area (Å²) in [6.07, 6.45) is 4.48. The molecule has 4 nitrogen and oxygen atoms in total. The number of fused-ring (bicyclic) bond motifs is 1. The van der Waals surface area contributed by atoms with Crippen LogP contribution in [0.15, 0.2) is 73.1 Å². The van der Waals surface area contributed by atoms with Crippen LogP contribution in [0.2, 0.25) is 5.02 Å². The van der Waals surface area contributed by atoms with E-state index in [1.807, 2.05) is 73.8 Å². The summed E-state index contributed by atoms with van der Waals surface area (Å²) >= 11 is 5.99. The van der Waals surface area contributed by atoms with Crippen molar-refractivity contribution >= 4 is 28.4 Å². The van der Waals surface area contributed by atoms with Crippen LogP contribution in [0.25, 0.3) is 10.9 Å². The second kappa shape index (κ2) is 8.50. The van der Waals surface area contributed by atoms with Gasteiger partial charge in [-0.2, -0.15) is 0 Å². The first-order valence-electron chi connectivity index (χ1n) is 9.63. The molecule has 146 valence electrons. The number of para-hydroxylation sites is 1. The number of amides is 1. The van der Waals surface area contributed by atoms with Gasteiger partial charge in [0.05, 0.1) is 5.56 Å². The van der Waals surface area contributed by atoms with Gasteiger partial charge in [0, 0.05) is 47.1 Å². The molecule has 2 aromatic carbocycles. The molecule has 0 aliphatic heterocycles. The minimum Gasteiger partial charge on any atom is -0.352 e. The van der Waals surface area contributed by atoms with E-state index in [0.717, 1.165) is 39.2 Å². The number of halogens is 1. The van der Waals surface area contributed by atoms with Crippen LogP contribution in [0.5, 0.6) is 0 Å². The van der Waals surface area contributed by atoms with Gasteiger partial charge in [-0.05, 0) is 48.7 Å².